The van der Waals surface area contributed by atoms with Gasteiger partial charge in [-0.3, -0.25) is 4.79 Å². The van der Waals surface area contributed by atoms with E-state index in [0.29, 0.717) is 6.42 Å². The van der Waals surface area contributed by atoms with Crippen LogP contribution in [0.15, 0.2) is 47.1 Å². The summed E-state index contributed by atoms with van der Waals surface area (Å²) in [7, 11) is 0. The molecule has 1 aromatic heterocycles. The minimum absolute atomic E-state index is 0.185. The number of hydrogen-bond acceptors (Lipinski definition) is 3. The number of anilines is 1. The van der Waals surface area contributed by atoms with Crippen LogP contribution in [-0.4, -0.2) is 17.6 Å². The largest absolute Gasteiger partial charge is 0.481 e. The monoisotopic (exact) mass is 315 g/mol. The molecule has 0 bridgehead atoms. The van der Waals surface area contributed by atoms with Crippen molar-refractivity contribution in [2.24, 2.45) is 0 Å². The van der Waals surface area contributed by atoms with E-state index in [1.807, 2.05) is 36.4 Å². The molecule has 0 radical (unpaired) electrons. The summed E-state index contributed by atoms with van der Waals surface area (Å²) in [6.07, 6.45) is 8.28. The van der Waals surface area contributed by atoms with E-state index >= 15 is 0 Å². The fourth-order valence-corrected chi connectivity index (χ4v) is 2.51. The molecule has 2 aromatic rings. The number of aliphatic carboxylic acids is 1. The summed E-state index contributed by atoms with van der Waals surface area (Å²) in [6.45, 7) is 0.967. The van der Waals surface area contributed by atoms with Gasteiger partial charge >= 0.3 is 5.97 Å². The van der Waals surface area contributed by atoms with Gasteiger partial charge in [0.25, 0.3) is 0 Å². The van der Waals surface area contributed by atoms with Gasteiger partial charge in [-0.1, -0.05) is 25.0 Å². The van der Waals surface area contributed by atoms with E-state index in [2.05, 4.69) is 5.32 Å². The summed E-state index contributed by atoms with van der Waals surface area (Å²) in [4.78, 5) is 10.5. The summed E-state index contributed by atoms with van der Waals surface area (Å²) in [5, 5.41) is 12.1. The number of furan rings is 1. The Morgan fingerprint density at radius 2 is 1.78 bits per heavy atom. The maximum atomic E-state index is 10.5. The Bertz CT molecular complexity index is 561. The lowest BCUT2D eigenvalue weighted by molar-refractivity contribution is -0.136. The first kappa shape index (κ1) is 17.1. The lowest BCUT2D eigenvalue weighted by Crippen LogP contribution is -2.02. The normalized spacial score (nSPS) is 10.6. The second-order valence-electron chi connectivity index (χ2n) is 5.76. The van der Waals surface area contributed by atoms with Crippen LogP contribution in [0.4, 0.5) is 5.69 Å². The third-order valence-corrected chi connectivity index (χ3v) is 3.84. The van der Waals surface area contributed by atoms with Gasteiger partial charge in [0.15, 0.2) is 0 Å². The highest BCUT2D eigenvalue weighted by Gasteiger charge is 2.00. The molecule has 4 heteroatoms. The van der Waals surface area contributed by atoms with Crippen molar-refractivity contribution in [2.75, 3.05) is 11.9 Å². The van der Waals surface area contributed by atoms with Crippen molar-refractivity contribution < 1.29 is 14.3 Å². The van der Waals surface area contributed by atoms with Gasteiger partial charge in [-0.15, -0.1) is 0 Å². The molecule has 0 aliphatic carbocycles. The molecule has 2 N–H and O–H groups in total. The van der Waals surface area contributed by atoms with E-state index in [9.17, 15) is 4.79 Å². The Balaban J connectivity index is 1.53. The van der Waals surface area contributed by atoms with Gasteiger partial charge < -0.3 is 14.8 Å². The number of unbranched alkanes of at least 4 members (excludes halogenated alkanes) is 3. The molecule has 0 spiro atoms. The van der Waals surface area contributed by atoms with Crippen LogP contribution in [-0.2, 0) is 17.6 Å². The van der Waals surface area contributed by atoms with Crippen LogP contribution in [0.5, 0.6) is 0 Å². The molecule has 0 aliphatic rings. The predicted molar refractivity (Wildman–Crippen MR) is 91.8 cm³/mol. The molecule has 0 fully saturated rings. The summed E-state index contributed by atoms with van der Waals surface area (Å²) in [5.41, 5.74) is 2.16. The Morgan fingerprint density at radius 1 is 1.00 bits per heavy atom. The van der Waals surface area contributed by atoms with Crippen molar-refractivity contribution in [2.45, 2.75) is 44.9 Å². The molecule has 124 valence electrons. The zero-order chi connectivity index (χ0) is 16.3. The van der Waals surface area contributed by atoms with Gasteiger partial charge in [-0.25, -0.2) is 0 Å². The van der Waals surface area contributed by atoms with E-state index in [1.54, 1.807) is 6.26 Å². The maximum Gasteiger partial charge on any atom is 0.303 e. The van der Waals surface area contributed by atoms with E-state index in [-0.39, 0.29) is 6.42 Å². The molecule has 0 unspecified atom stereocenters. The van der Waals surface area contributed by atoms with Crippen LogP contribution in [0, 0.1) is 0 Å². The quantitative estimate of drug-likeness (QED) is 0.599. The first-order valence-corrected chi connectivity index (χ1v) is 8.31. The maximum absolute atomic E-state index is 10.5. The molecule has 0 atom stereocenters. The molecule has 4 nitrogen and oxygen atoms in total. The summed E-state index contributed by atoms with van der Waals surface area (Å²) < 4.78 is 5.31. The van der Waals surface area contributed by atoms with Crippen LogP contribution in [0.2, 0.25) is 0 Å². The molecule has 0 saturated heterocycles. The average Bonchev–Trinajstić information content (AvgIpc) is 3.06. The predicted octanol–water partition coefficient (Wildman–Crippen LogP) is 4.51. The standard InChI is InChI=1S/C19H25NO3/c21-19(22)13-10-16-8-11-17(12-9-16)20-14-4-2-1-3-6-18-7-5-15-23-18/h5,7-9,11-12,15,20H,1-4,6,10,13-14H2,(H,21,22). The van der Waals surface area contributed by atoms with Gasteiger partial charge in [0.2, 0.25) is 0 Å². The van der Waals surface area contributed by atoms with Crippen molar-refractivity contribution >= 4 is 11.7 Å². The molecular formula is C19H25NO3. The Labute approximate surface area is 137 Å². The Hall–Kier alpha value is -2.23. The lowest BCUT2D eigenvalue weighted by Gasteiger charge is -2.07. The van der Waals surface area contributed by atoms with Crippen molar-refractivity contribution in [3.05, 3.63) is 54.0 Å². The summed E-state index contributed by atoms with van der Waals surface area (Å²) >= 11 is 0. The number of carboxylic acids is 1. The molecule has 0 amide bonds. The van der Waals surface area contributed by atoms with Gasteiger partial charge in [0.05, 0.1) is 6.26 Å². The highest BCUT2D eigenvalue weighted by Crippen LogP contribution is 2.12. The van der Waals surface area contributed by atoms with Crippen LogP contribution in [0.1, 0.15) is 43.4 Å². The molecule has 1 heterocycles. The zero-order valence-electron chi connectivity index (χ0n) is 13.5. The smallest absolute Gasteiger partial charge is 0.303 e. The number of hydrogen-bond donors (Lipinski definition) is 2. The van der Waals surface area contributed by atoms with Crippen LogP contribution < -0.4 is 5.32 Å². The summed E-state index contributed by atoms with van der Waals surface area (Å²) in [6, 6.07) is 12.0. The third kappa shape index (κ3) is 7.04. The van der Waals surface area contributed by atoms with Gasteiger partial charge in [0.1, 0.15) is 5.76 Å². The molecule has 2 rings (SSSR count). The second kappa shape index (κ2) is 9.72. The van der Waals surface area contributed by atoms with Crippen LogP contribution in [0.3, 0.4) is 0 Å². The third-order valence-electron chi connectivity index (χ3n) is 3.84. The number of rotatable bonds is 11. The Kier molecular flexibility index (Phi) is 7.24. The topological polar surface area (TPSA) is 62.5 Å². The summed E-state index contributed by atoms with van der Waals surface area (Å²) in [5.74, 6) is 0.324. The van der Waals surface area contributed by atoms with Crippen LogP contribution >= 0.6 is 0 Å². The Morgan fingerprint density at radius 3 is 2.48 bits per heavy atom. The second-order valence-corrected chi connectivity index (χ2v) is 5.76. The van der Waals surface area contributed by atoms with Crippen LogP contribution in [0.25, 0.3) is 0 Å². The fourth-order valence-electron chi connectivity index (χ4n) is 2.51. The molecule has 0 aliphatic heterocycles. The van der Waals surface area contributed by atoms with Gasteiger partial charge in [-0.05, 0) is 49.1 Å². The van der Waals surface area contributed by atoms with E-state index < -0.39 is 5.97 Å². The van der Waals surface area contributed by atoms with E-state index in [4.69, 9.17) is 9.52 Å². The number of benzene rings is 1. The van der Waals surface area contributed by atoms with E-state index in [1.165, 1.54) is 19.3 Å². The minimum atomic E-state index is -0.751. The van der Waals surface area contributed by atoms with Crippen molar-refractivity contribution in [1.82, 2.24) is 0 Å². The first-order chi connectivity index (χ1) is 11.2. The molecular weight excluding hydrogens is 290 g/mol. The van der Waals surface area contributed by atoms with Crippen molar-refractivity contribution in [3.63, 3.8) is 0 Å². The lowest BCUT2D eigenvalue weighted by atomic mass is 10.1. The molecule has 23 heavy (non-hydrogen) atoms. The van der Waals surface area contributed by atoms with E-state index in [0.717, 1.165) is 36.4 Å². The molecule has 0 saturated carbocycles. The average molecular weight is 315 g/mol. The SMILES string of the molecule is O=C(O)CCc1ccc(NCCCCCCc2ccco2)cc1. The highest BCUT2D eigenvalue weighted by molar-refractivity contribution is 5.67. The first-order valence-electron chi connectivity index (χ1n) is 8.31. The number of carboxylic acid groups (broad SMARTS) is 1. The number of nitrogens with one attached hydrogen (secondary N) is 1. The van der Waals surface area contributed by atoms with Crippen molar-refractivity contribution in [3.8, 4) is 0 Å². The number of aryl methyl sites for hydroxylation is 2. The van der Waals surface area contributed by atoms with Gasteiger partial charge in [-0.2, -0.15) is 0 Å². The zero-order valence-corrected chi connectivity index (χ0v) is 13.5. The minimum Gasteiger partial charge on any atom is -0.481 e. The number of carbonyl (C=O) groups is 1. The van der Waals surface area contributed by atoms with Gasteiger partial charge in [0, 0.05) is 25.1 Å². The highest BCUT2D eigenvalue weighted by atomic mass is 16.4. The molecule has 1 aromatic carbocycles. The van der Waals surface area contributed by atoms with Crippen molar-refractivity contribution in [1.29, 1.82) is 0 Å². The fraction of sp³-hybridized carbons (Fsp3) is 0.421.